The molecule has 0 aromatic heterocycles. The number of rotatable bonds is 6. The fraction of sp³-hybridized carbons (Fsp3) is 0.611. The molecule has 2 atom stereocenters. The Morgan fingerprint density at radius 3 is 2.79 bits per heavy atom. The van der Waals surface area contributed by atoms with Crippen molar-refractivity contribution in [3.05, 3.63) is 28.3 Å². The number of carbonyl (C=O) groups excluding carboxylic acids is 1. The number of aryl methyl sites for hydroxylation is 2. The molecule has 1 aromatic rings. The molecule has 1 saturated heterocycles. The normalized spacial score (nSPS) is 19.9. The van der Waals surface area contributed by atoms with Gasteiger partial charge in [-0.1, -0.05) is 18.0 Å². The van der Waals surface area contributed by atoms with E-state index in [1.807, 2.05) is 37.2 Å². The summed E-state index contributed by atoms with van der Waals surface area (Å²) in [6, 6.07) is 3.95. The predicted octanol–water partition coefficient (Wildman–Crippen LogP) is 4.18. The van der Waals surface area contributed by atoms with Gasteiger partial charge in [0.2, 0.25) is 0 Å². The lowest BCUT2D eigenvalue weighted by Gasteiger charge is -2.34. The van der Waals surface area contributed by atoms with Gasteiger partial charge in [0.05, 0.1) is 11.5 Å². The van der Waals surface area contributed by atoms with E-state index in [-0.39, 0.29) is 12.0 Å². The van der Waals surface area contributed by atoms with E-state index in [1.54, 1.807) is 0 Å². The molecule has 0 N–H and O–H groups in total. The van der Waals surface area contributed by atoms with E-state index in [4.69, 9.17) is 16.3 Å². The second kappa shape index (κ2) is 8.97. The van der Waals surface area contributed by atoms with Crippen molar-refractivity contribution in [2.75, 3.05) is 13.2 Å². The van der Waals surface area contributed by atoms with Crippen LogP contribution in [0.25, 0.3) is 0 Å². The summed E-state index contributed by atoms with van der Waals surface area (Å²) in [4.78, 5) is 12.5. The summed E-state index contributed by atoms with van der Waals surface area (Å²) in [5.41, 5.74) is 1.88. The zero-order valence-corrected chi connectivity index (χ0v) is 16.2. The minimum absolute atomic E-state index is 0.152. The Morgan fingerprint density at radius 1 is 1.33 bits per heavy atom. The second-order valence-corrected chi connectivity index (χ2v) is 8.06. The summed E-state index contributed by atoms with van der Waals surface area (Å²) in [7, 11) is -1.23. The first kappa shape index (κ1) is 19.4. The van der Waals surface area contributed by atoms with Crippen LogP contribution in [0, 0.1) is 13.8 Å². The first-order chi connectivity index (χ1) is 11.4. The zero-order chi connectivity index (χ0) is 17.7. The summed E-state index contributed by atoms with van der Waals surface area (Å²) < 4.78 is 20.2. The molecule has 1 aromatic carbocycles. The Hall–Kier alpha value is -0.910. The number of carbonyl (C=O) groups is 1. The average Bonchev–Trinajstić information content (AvgIpc) is 2.56. The molecule has 24 heavy (non-hydrogen) atoms. The standard InChI is InChI=1S/C18H26ClNO3S/c1-4-23-18(21)9-8-15-7-5-6-10-20(15)24(22)17-12-13(2)16(19)11-14(17)3/h11-12,15H,4-10H2,1-3H3. The van der Waals surface area contributed by atoms with Crippen molar-refractivity contribution in [3.8, 4) is 0 Å². The summed E-state index contributed by atoms with van der Waals surface area (Å²) >= 11 is 6.16. The quantitative estimate of drug-likeness (QED) is 0.705. The minimum Gasteiger partial charge on any atom is -0.466 e. The van der Waals surface area contributed by atoms with Crippen LogP contribution >= 0.6 is 11.6 Å². The highest BCUT2D eigenvalue weighted by Crippen LogP contribution is 2.29. The van der Waals surface area contributed by atoms with Gasteiger partial charge in [0, 0.05) is 24.0 Å². The maximum absolute atomic E-state index is 13.1. The highest BCUT2D eigenvalue weighted by atomic mass is 35.5. The van der Waals surface area contributed by atoms with E-state index >= 15 is 0 Å². The van der Waals surface area contributed by atoms with Gasteiger partial charge in [0.25, 0.3) is 0 Å². The van der Waals surface area contributed by atoms with E-state index in [9.17, 15) is 9.00 Å². The van der Waals surface area contributed by atoms with Crippen molar-refractivity contribution < 1.29 is 13.7 Å². The maximum atomic E-state index is 13.1. The van der Waals surface area contributed by atoms with Gasteiger partial charge in [-0.15, -0.1) is 0 Å². The first-order valence-electron chi connectivity index (χ1n) is 8.55. The Labute approximate surface area is 152 Å². The largest absolute Gasteiger partial charge is 0.466 e. The van der Waals surface area contributed by atoms with Crippen molar-refractivity contribution in [3.63, 3.8) is 0 Å². The molecule has 1 heterocycles. The van der Waals surface area contributed by atoms with E-state index < -0.39 is 11.0 Å². The van der Waals surface area contributed by atoms with E-state index in [2.05, 4.69) is 0 Å². The SMILES string of the molecule is CCOC(=O)CCC1CCCCN1S(=O)c1cc(C)c(Cl)cc1C. The minimum atomic E-state index is -1.23. The van der Waals surface area contributed by atoms with Gasteiger partial charge in [0.1, 0.15) is 11.0 Å². The summed E-state index contributed by atoms with van der Waals surface area (Å²) in [5.74, 6) is -0.174. The van der Waals surface area contributed by atoms with Gasteiger partial charge in [0.15, 0.2) is 0 Å². The fourth-order valence-electron chi connectivity index (χ4n) is 3.07. The second-order valence-electron chi connectivity index (χ2n) is 6.25. The van der Waals surface area contributed by atoms with E-state index in [1.165, 1.54) is 0 Å². The molecule has 4 nitrogen and oxygen atoms in total. The van der Waals surface area contributed by atoms with Crippen LogP contribution in [-0.2, 0) is 20.5 Å². The van der Waals surface area contributed by atoms with Gasteiger partial charge in [-0.2, -0.15) is 0 Å². The number of hydrogen-bond donors (Lipinski definition) is 0. The third kappa shape index (κ3) is 4.80. The first-order valence-corrected chi connectivity index (χ1v) is 10.0. The van der Waals surface area contributed by atoms with Gasteiger partial charge >= 0.3 is 5.97 Å². The van der Waals surface area contributed by atoms with Gasteiger partial charge in [-0.3, -0.25) is 4.79 Å². The molecule has 0 saturated carbocycles. The number of benzene rings is 1. The molecule has 1 fully saturated rings. The van der Waals surface area contributed by atoms with Gasteiger partial charge < -0.3 is 4.74 Å². The van der Waals surface area contributed by atoms with Crippen LogP contribution < -0.4 is 0 Å². The summed E-state index contributed by atoms with van der Waals surface area (Å²) in [6.45, 7) is 6.88. The Kier molecular flexibility index (Phi) is 7.26. The lowest BCUT2D eigenvalue weighted by atomic mass is 10.0. The highest BCUT2D eigenvalue weighted by Gasteiger charge is 2.29. The zero-order valence-electron chi connectivity index (χ0n) is 14.6. The molecular weight excluding hydrogens is 346 g/mol. The lowest BCUT2D eigenvalue weighted by molar-refractivity contribution is -0.143. The number of nitrogens with zero attached hydrogens (tertiary/aromatic N) is 1. The smallest absolute Gasteiger partial charge is 0.305 e. The van der Waals surface area contributed by atoms with Crippen LogP contribution in [0.5, 0.6) is 0 Å². The third-order valence-corrected chi connectivity index (χ3v) is 6.55. The number of esters is 1. The number of hydrogen-bond acceptors (Lipinski definition) is 3. The van der Waals surface area contributed by atoms with Crippen LogP contribution in [0.15, 0.2) is 17.0 Å². The highest BCUT2D eigenvalue weighted by molar-refractivity contribution is 7.82. The predicted molar refractivity (Wildman–Crippen MR) is 97.5 cm³/mol. The van der Waals surface area contributed by atoms with Crippen molar-refractivity contribution in [1.29, 1.82) is 0 Å². The van der Waals surface area contributed by atoms with Crippen molar-refractivity contribution in [1.82, 2.24) is 4.31 Å². The third-order valence-electron chi connectivity index (χ3n) is 4.42. The molecule has 2 unspecified atom stereocenters. The summed E-state index contributed by atoms with van der Waals surface area (Å²) in [5, 5.41) is 0.700. The molecule has 0 aliphatic carbocycles. The number of halogens is 1. The van der Waals surface area contributed by atoms with E-state index in [0.29, 0.717) is 24.5 Å². The van der Waals surface area contributed by atoms with Crippen LogP contribution in [-0.4, -0.2) is 33.7 Å². The van der Waals surface area contributed by atoms with Crippen molar-refractivity contribution in [2.45, 2.75) is 63.8 Å². The monoisotopic (exact) mass is 371 g/mol. The molecule has 0 radical (unpaired) electrons. The molecule has 0 amide bonds. The maximum Gasteiger partial charge on any atom is 0.305 e. The molecular formula is C18H26ClNO3S. The topological polar surface area (TPSA) is 46.6 Å². The molecule has 1 aliphatic heterocycles. The van der Waals surface area contributed by atoms with Gasteiger partial charge in [-0.25, -0.2) is 8.51 Å². The Morgan fingerprint density at radius 2 is 2.08 bits per heavy atom. The lowest BCUT2D eigenvalue weighted by Crippen LogP contribution is -2.41. The molecule has 0 spiro atoms. The van der Waals surface area contributed by atoms with E-state index in [0.717, 1.165) is 41.8 Å². The van der Waals surface area contributed by atoms with Crippen LogP contribution in [0.2, 0.25) is 5.02 Å². The Balaban J connectivity index is 2.13. The Bertz CT molecular complexity index is 621. The van der Waals surface area contributed by atoms with Crippen LogP contribution in [0.1, 0.15) is 50.2 Å². The van der Waals surface area contributed by atoms with Crippen LogP contribution in [0.4, 0.5) is 0 Å². The van der Waals surface area contributed by atoms with Crippen molar-refractivity contribution >= 4 is 28.6 Å². The number of piperidine rings is 1. The molecule has 6 heteroatoms. The number of ether oxygens (including phenoxy) is 1. The van der Waals surface area contributed by atoms with Gasteiger partial charge in [-0.05, 0) is 63.3 Å². The molecule has 1 aliphatic rings. The molecule has 0 bridgehead atoms. The van der Waals surface area contributed by atoms with Crippen molar-refractivity contribution in [2.24, 2.45) is 0 Å². The fourth-order valence-corrected chi connectivity index (χ4v) is 4.93. The average molecular weight is 372 g/mol. The van der Waals surface area contributed by atoms with Crippen LogP contribution in [0.3, 0.4) is 0 Å². The molecule has 2 rings (SSSR count). The summed E-state index contributed by atoms with van der Waals surface area (Å²) in [6.07, 6.45) is 4.19. The molecule has 134 valence electrons.